The fourth-order valence-electron chi connectivity index (χ4n) is 9.73. The maximum absolute atomic E-state index is 13.2. The van der Waals surface area contributed by atoms with Gasteiger partial charge < -0.3 is 65.1 Å². The van der Waals surface area contributed by atoms with Crippen LogP contribution < -0.4 is 5.32 Å². The Morgan fingerprint density at radius 1 is 0.493 bits per heavy atom. The van der Waals surface area contributed by atoms with Crippen molar-refractivity contribution in [3.8, 4) is 0 Å². The first kappa shape index (κ1) is 67.3. The standard InChI is InChI=1S/C59H109NO13/c1-3-5-7-9-11-13-15-17-19-21-23-24-25-26-28-30-32-34-36-38-40-42-48(63)47(60-51(64)43-41-39-37-35-33-31-29-27-22-20-18-16-14-12-10-8-6-4-2)46-70-58-56(69)54(67)57(50(45-62)72-58)73-59-55(68)53(66)52(65)49(44-61)71-59/h14,16,20,22,40,42,47-50,52-59,61-63,65-69H,3-13,15,17-19,21,23-39,41,43-46H2,1-2H3,(H,60,64)/b16-14-,22-20-,42-40+. The van der Waals surface area contributed by atoms with Gasteiger partial charge in [0.25, 0.3) is 0 Å². The second-order valence-electron chi connectivity index (χ2n) is 21.1. The van der Waals surface area contributed by atoms with Crippen molar-refractivity contribution in [3.05, 3.63) is 36.5 Å². The molecule has 0 bridgehead atoms. The highest BCUT2D eigenvalue weighted by Crippen LogP contribution is 2.30. The van der Waals surface area contributed by atoms with E-state index in [1.807, 2.05) is 6.08 Å². The monoisotopic (exact) mass is 1040 g/mol. The summed E-state index contributed by atoms with van der Waals surface area (Å²) in [6, 6.07) is -0.918. The number of hydrogen-bond donors (Lipinski definition) is 9. The Bertz CT molecular complexity index is 1370. The van der Waals surface area contributed by atoms with E-state index in [1.54, 1.807) is 6.08 Å². The van der Waals surface area contributed by atoms with E-state index < -0.39 is 86.8 Å². The van der Waals surface area contributed by atoms with Gasteiger partial charge in [0.05, 0.1) is 32.0 Å². The van der Waals surface area contributed by atoms with E-state index in [1.165, 1.54) is 154 Å². The molecular formula is C59H109NO13. The molecule has 0 saturated carbocycles. The summed E-state index contributed by atoms with van der Waals surface area (Å²) < 4.78 is 22.8. The summed E-state index contributed by atoms with van der Waals surface area (Å²) in [5, 5.41) is 87.1. The lowest BCUT2D eigenvalue weighted by molar-refractivity contribution is -0.359. The fourth-order valence-corrected chi connectivity index (χ4v) is 9.73. The molecule has 0 aliphatic carbocycles. The number of hydrogen-bond acceptors (Lipinski definition) is 13. The Kier molecular flexibility index (Phi) is 41.7. The normalized spacial score (nSPS) is 25.6. The lowest BCUT2D eigenvalue weighted by Crippen LogP contribution is -2.65. The van der Waals surface area contributed by atoms with E-state index in [4.69, 9.17) is 18.9 Å². The molecule has 12 unspecified atom stereocenters. The molecule has 2 saturated heterocycles. The Balaban J connectivity index is 1.78. The zero-order chi connectivity index (χ0) is 53.2. The van der Waals surface area contributed by atoms with Crippen molar-refractivity contribution in [1.82, 2.24) is 5.32 Å². The number of rotatable bonds is 47. The number of allylic oxidation sites excluding steroid dienone is 5. The van der Waals surface area contributed by atoms with Crippen LogP contribution in [0.25, 0.3) is 0 Å². The minimum absolute atomic E-state index is 0.246. The van der Waals surface area contributed by atoms with Gasteiger partial charge in [0.1, 0.15) is 48.8 Å². The highest BCUT2D eigenvalue weighted by atomic mass is 16.7. The second kappa shape index (κ2) is 45.3. The Morgan fingerprint density at radius 3 is 1.38 bits per heavy atom. The van der Waals surface area contributed by atoms with Crippen LogP contribution >= 0.6 is 0 Å². The van der Waals surface area contributed by atoms with Crippen LogP contribution in [0.1, 0.15) is 239 Å². The summed E-state index contributed by atoms with van der Waals surface area (Å²) in [5.74, 6) is -0.246. The van der Waals surface area contributed by atoms with Crippen molar-refractivity contribution in [2.24, 2.45) is 0 Å². The maximum Gasteiger partial charge on any atom is 0.220 e. The molecule has 0 aromatic carbocycles. The molecule has 73 heavy (non-hydrogen) atoms. The molecule has 14 heteroatoms. The first-order valence-corrected chi connectivity index (χ1v) is 29.7. The van der Waals surface area contributed by atoms with Crippen LogP contribution in [0.5, 0.6) is 0 Å². The van der Waals surface area contributed by atoms with Crippen LogP contribution in [0.4, 0.5) is 0 Å². The van der Waals surface area contributed by atoms with Crippen molar-refractivity contribution in [2.45, 2.75) is 312 Å². The number of ether oxygens (including phenoxy) is 4. The number of aliphatic hydroxyl groups excluding tert-OH is 8. The number of unbranched alkanes of at least 4 members (excludes halogenated alkanes) is 30. The number of carbonyl (C=O) groups is 1. The molecule has 9 N–H and O–H groups in total. The average molecular weight is 1040 g/mol. The van der Waals surface area contributed by atoms with Gasteiger partial charge in [0.2, 0.25) is 5.91 Å². The zero-order valence-electron chi connectivity index (χ0n) is 45.9. The van der Waals surface area contributed by atoms with Crippen molar-refractivity contribution < 1.29 is 64.6 Å². The molecule has 0 aromatic rings. The van der Waals surface area contributed by atoms with Gasteiger partial charge in [0.15, 0.2) is 12.6 Å². The molecule has 2 aliphatic rings. The molecule has 2 rings (SSSR count). The van der Waals surface area contributed by atoms with Gasteiger partial charge in [-0.15, -0.1) is 0 Å². The topological polar surface area (TPSA) is 228 Å². The van der Waals surface area contributed by atoms with Gasteiger partial charge in [0, 0.05) is 6.42 Å². The third kappa shape index (κ3) is 31.3. The van der Waals surface area contributed by atoms with Crippen LogP contribution in [0, 0.1) is 0 Å². The number of nitrogens with one attached hydrogen (secondary N) is 1. The average Bonchev–Trinajstić information content (AvgIpc) is 3.39. The summed E-state index contributed by atoms with van der Waals surface area (Å²) in [6.45, 7) is 2.79. The van der Waals surface area contributed by atoms with E-state index in [0.717, 1.165) is 57.8 Å². The molecular weight excluding hydrogens is 931 g/mol. The van der Waals surface area contributed by atoms with E-state index in [9.17, 15) is 45.6 Å². The molecule has 0 spiro atoms. The summed E-state index contributed by atoms with van der Waals surface area (Å²) >= 11 is 0. The van der Waals surface area contributed by atoms with Gasteiger partial charge in [-0.3, -0.25) is 4.79 Å². The highest BCUT2D eigenvalue weighted by Gasteiger charge is 2.51. The Labute approximate surface area is 442 Å². The summed E-state index contributed by atoms with van der Waals surface area (Å²) in [5.41, 5.74) is 0. The van der Waals surface area contributed by atoms with Crippen LogP contribution in [0.3, 0.4) is 0 Å². The molecule has 0 aromatic heterocycles. The molecule has 14 nitrogen and oxygen atoms in total. The van der Waals surface area contributed by atoms with Gasteiger partial charge in [-0.05, 0) is 51.4 Å². The molecule has 2 heterocycles. The summed E-state index contributed by atoms with van der Waals surface area (Å²) in [4.78, 5) is 13.2. The minimum Gasteiger partial charge on any atom is -0.394 e. The van der Waals surface area contributed by atoms with Crippen molar-refractivity contribution in [1.29, 1.82) is 0 Å². The van der Waals surface area contributed by atoms with Crippen molar-refractivity contribution in [2.75, 3.05) is 19.8 Å². The molecule has 1 amide bonds. The molecule has 428 valence electrons. The van der Waals surface area contributed by atoms with Crippen LogP contribution in [-0.4, -0.2) is 140 Å². The first-order chi connectivity index (χ1) is 35.6. The summed E-state index contributed by atoms with van der Waals surface area (Å²) in [6.07, 6.45) is 37.4. The molecule has 12 atom stereocenters. The quantitative estimate of drug-likeness (QED) is 0.0205. The lowest BCUT2D eigenvalue weighted by Gasteiger charge is -2.46. The third-order valence-electron chi connectivity index (χ3n) is 14.6. The predicted molar refractivity (Wildman–Crippen MR) is 291 cm³/mol. The predicted octanol–water partition coefficient (Wildman–Crippen LogP) is 9.83. The minimum atomic E-state index is -1.79. The second-order valence-corrected chi connectivity index (χ2v) is 21.1. The number of amides is 1. The van der Waals surface area contributed by atoms with E-state index in [0.29, 0.717) is 6.42 Å². The smallest absolute Gasteiger partial charge is 0.220 e. The highest BCUT2D eigenvalue weighted by molar-refractivity contribution is 5.76. The van der Waals surface area contributed by atoms with Crippen LogP contribution in [0.15, 0.2) is 36.5 Å². The maximum atomic E-state index is 13.2. The largest absolute Gasteiger partial charge is 0.394 e. The fraction of sp³-hybridized carbons (Fsp3) is 0.881. The van der Waals surface area contributed by atoms with E-state index in [2.05, 4.69) is 43.5 Å². The number of aliphatic hydroxyl groups is 8. The number of carbonyl (C=O) groups excluding carboxylic acids is 1. The molecule has 2 fully saturated rings. The Hall–Kier alpha value is -1.79. The third-order valence-corrected chi connectivity index (χ3v) is 14.6. The summed E-state index contributed by atoms with van der Waals surface area (Å²) in [7, 11) is 0. The SMILES string of the molecule is CCCCCC/C=C\C/C=C\CCCCCCCCCC(=O)NC(COC1OC(CO)C(OC2OC(CO)C(O)C(O)C2O)C(O)C1O)C(O)/C=C/CCCCCCCCCCCCCCCCCCCCC. The van der Waals surface area contributed by atoms with E-state index in [-0.39, 0.29) is 18.9 Å². The lowest BCUT2D eigenvalue weighted by atomic mass is 9.97. The van der Waals surface area contributed by atoms with Gasteiger partial charge in [-0.2, -0.15) is 0 Å². The van der Waals surface area contributed by atoms with Crippen molar-refractivity contribution >= 4 is 5.91 Å². The van der Waals surface area contributed by atoms with E-state index >= 15 is 0 Å². The van der Waals surface area contributed by atoms with Crippen molar-refractivity contribution in [3.63, 3.8) is 0 Å². The molecule has 0 radical (unpaired) electrons. The van der Waals surface area contributed by atoms with Crippen LogP contribution in [0.2, 0.25) is 0 Å². The zero-order valence-corrected chi connectivity index (χ0v) is 45.9. The van der Waals surface area contributed by atoms with Gasteiger partial charge in [-0.1, -0.05) is 217 Å². The van der Waals surface area contributed by atoms with Crippen LogP contribution in [-0.2, 0) is 23.7 Å². The van der Waals surface area contributed by atoms with Gasteiger partial charge in [-0.25, -0.2) is 0 Å². The molecule has 2 aliphatic heterocycles. The Morgan fingerprint density at radius 2 is 0.904 bits per heavy atom. The van der Waals surface area contributed by atoms with Gasteiger partial charge >= 0.3 is 0 Å². The first-order valence-electron chi connectivity index (χ1n) is 29.7.